The topological polar surface area (TPSA) is 67.0 Å². The number of aromatic nitrogens is 2. The van der Waals surface area contributed by atoms with E-state index in [1.165, 1.54) is 16.5 Å². The molecule has 5 nitrogen and oxygen atoms in total. The minimum Gasteiger partial charge on any atom is -0.385 e. The van der Waals surface area contributed by atoms with Crippen molar-refractivity contribution in [2.75, 3.05) is 20.3 Å². The number of amides is 1. The summed E-state index contributed by atoms with van der Waals surface area (Å²) in [6, 6.07) is 12.4. The highest BCUT2D eigenvalue weighted by atomic mass is 16.5. The molecule has 3 aromatic rings. The van der Waals surface area contributed by atoms with Crippen LogP contribution in [0.5, 0.6) is 0 Å². The third kappa shape index (κ3) is 4.95. The molecule has 2 N–H and O–H groups in total. The highest BCUT2D eigenvalue weighted by Gasteiger charge is 2.14. The Morgan fingerprint density at radius 3 is 2.89 bits per heavy atom. The van der Waals surface area contributed by atoms with Gasteiger partial charge in [-0.2, -0.15) is 0 Å². The normalized spacial score (nSPS) is 11.0. The van der Waals surface area contributed by atoms with Gasteiger partial charge in [-0.25, -0.2) is 0 Å². The van der Waals surface area contributed by atoms with Gasteiger partial charge in [0.2, 0.25) is 5.91 Å². The van der Waals surface area contributed by atoms with E-state index in [1.54, 1.807) is 7.11 Å². The van der Waals surface area contributed by atoms with E-state index >= 15 is 0 Å². The van der Waals surface area contributed by atoms with Crippen LogP contribution in [-0.4, -0.2) is 36.1 Å². The van der Waals surface area contributed by atoms with Gasteiger partial charge in [-0.15, -0.1) is 0 Å². The van der Waals surface area contributed by atoms with E-state index < -0.39 is 0 Å². The molecule has 0 spiro atoms. The van der Waals surface area contributed by atoms with Crippen molar-refractivity contribution in [1.82, 2.24) is 15.3 Å². The van der Waals surface area contributed by atoms with Gasteiger partial charge in [-0.3, -0.25) is 9.78 Å². The maximum absolute atomic E-state index is 12.0. The van der Waals surface area contributed by atoms with Crippen molar-refractivity contribution in [1.29, 1.82) is 0 Å². The van der Waals surface area contributed by atoms with E-state index in [1.807, 2.05) is 24.4 Å². The van der Waals surface area contributed by atoms with E-state index in [9.17, 15) is 4.79 Å². The Hall–Kier alpha value is -2.66. The van der Waals surface area contributed by atoms with Crippen LogP contribution in [0, 0.1) is 6.92 Å². The first-order valence-corrected chi connectivity index (χ1v) is 9.47. The highest BCUT2D eigenvalue weighted by Crippen LogP contribution is 2.31. The maximum atomic E-state index is 12.0. The Morgan fingerprint density at radius 2 is 2.11 bits per heavy atom. The Kier molecular flexibility index (Phi) is 6.60. The van der Waals surface area contributed by atoms with Crippen LogP contribution in [0.25, 0.3) is 22.3 Å². The van der Waals surface area contributed by atoms with Gasteiger partial charge in [0.1, 0.15) is 0 Å². The van der Waals surface area contributed by atoms with Gasteiger partial charge < -0.3 is 15.0 Å². The van der Waals surface area contributed by atoms with Crippen molar-refractivity contribution in [3.63, 3.8) is 0 Å². The van der Waals surface area contributed by atoms with Crippen molar-refractivity contribution in [3.8, 4) is 11.4 Å². The molecule has 2 aromatic heterocycles. The molecule has 0 saturated heterocycles. The van der Waals surface area contributed by atoms with Gasteiger partial charge >= 0.3 is 0 Å². The van der Waals surface area contributed by atoms with Gasteiger partial charge in [0.25, 0.3) is 0 Å². The molecule has 0 atom stereocenters. The van der Waals surface area contributed by atoms with Crippen LogP contribution in [0.2, 0.25) is 0 Å². The maximum Gasteiger partial charge on any atom is 0.220 e. The first-order valence-electron chi connectivity index (χ1n) is 9.47. The van der Waals surface area contributed by atoms with Crippen molar-refractivity contribution < 1.29 is 9.53 Å². The summed E-state index contributed by atoms with van der Waals surface area (Å²) >= 11 is 0. The van der Waals surface area contributed by atoms with Gasteiger partial charge in [0.05, 0.1) is 11.4 Å². The predicted molar refractivity (Wildman–Crippen MR) is 109 cm³/mol. The van der Waals surface area contributed by atoms with Crippen molar-refractivity contribution in [2.45, 2.75) is 32.6 Å². The van der Waals surface area contributed by atoms with Gasteiger partial charge in [-0.05, 0) is 56.0 Å². The number of H-pyrrole nitrogens is 1. The molecule has 0 bridgehead atoms. The van der Waals surface area contributed by atoms with Crippen LogP contribution in [0.15, 0.2) is 42.6 Å². The molecule has 1 aromatic carbocycles. The van der Waals surface area contributed by atoms with E-state index in [4.69, 9.17) is 4.74 Å². The first-order chi connectivity index (χ1) is 13.2. The fraction of sp³-hybridized carbons (Fsp3) is 0.364. The van der Waals surface area contributed by atoms with Gasteiger partial charge in [0.15, 0.2) is 0 Å². The molecular weight excluding hydrogens is 338 g/mol. The Balaban J connectivity index is 1.73. The van der Waals surface area contributed by atoms with Crippen molar-refractivity contribution in [2.24, 2.45) is 0 Å². The summed E-state index contributed by atoms with van der Waals surface area (Å²) in [5.41, 5.74) is 5.56. The van der Waals surface area contributed by atoms with E-state index in [0.717, 1.165) is 36.2 Å². The number of aromatic amines is 1. The number of hydrogen-bond acceptors (Lipinski definition) is 3. The second-order valence-electron chi connectivity index (χ2n) is 6.79. The first kappa shape index (κ1) is 19.1. The summed E-state index contributed by atoms with van der Waals surface area (Å²) in [7, 11) is 1.67. The summed E-state index contributed by atoms with van der Waals surface area (Å²) in [6.45, 7) is 3.44. The molecule has 0 radical (unpaired) electrons. The molecule has 0 fully saturated rings. The second kappa shape index (κ2) is 9.33. The largest absolute Gasteiger partial charge is 0.385 e. The third-order valence-electron chi connectivity index (χ3n) is 4.66. The molecule has 0 saturated carbocycles. The summed E-state index contributed by atoms with van der Waals surface area (Å²) < 4.78 is 5.00. The number of methoxy groups -OCH3 is 1. The lowest BCUT2D eigenvalue weighted by Crippen LogP contribution is -2.24. The average Bonchev–Trinajstić information content (AvgIpc) is 3.04. The summed E-state index contributed by atoms with van der Waals surface area (Å²) in [5, 5.41) is 4.17. The number of nitrogens with one attached hydrogen (secondary N) is 2. The fourth-order valence-corrected chi connectivity index (χ4v) is 3.31. The molecule has 1 amide bonds. The molecule has 0 aliphatic heterocycles. The minimum absolute atomic E-state index is 0.0986. The Morgan fingerprint density at radius 1 is 1.22 bits per heavy atom. The van der Waals surface area contributed by atoms with Crippen molar-refractivity contribution in [3.05, 3.63) is 53.7 Å². The Labute approximate surface area is 160 Å². The van der Waals surface area contributed by atoms with Crippen molar-refractivity contribution >= 4 is 16.8 Å². The lowest BCUT2D eigenvalue weighted by atomic mass is 10.0. The number of carbonyl (C=O) groups excluding carboxylic acids is 1. The predicted octanol–water partition coefficient (Wildman–Crippen LogP) is 4.01. The summed E-state index contributed by atoms with van der Waals surface area (Å²) in [4.78, 5) is 20.1. The molecule has 5 heteroatoms. The van der Waals surface area contributed by atoms with E-state index in [-0.39, 0.29) is 5.91 Å². The summed E-state index contributed by atoms with van der Waals surface area (Å²) in [6.07, 6.45) is 4.81. The van der Waals surface area contributed by atoms with Crippen LogP contribution in [0.1, 0.15) is 30.4 Å². The number of pyridine rings is 1. The second-order valence-corrected chi connectivity index (χ2v) is 6.79. The average molecular weight is 365 g/mol. The van der Waals surface area contributed by atoms with E-state index in [0.29, 0.717) is 19.6 Å². The monoisotopic (exact) mass is 365 g/mol. The standard InChI is InChI=1S/C22H27N3O2/c1-16-10-11-19-18(15-16)17(22(25-19)20-8-3-4-12-23-20)7-5-9-21(26)24-13-6-14-27-2/h3-4,8,10-12,15,25H,5-7,9,13-14H2,1-2H3,(H,24,26). The van der Waals surface area contributed by atoms with Gasteiger partial charge in [-0.1, -0.05) is 17.7 Å². The molecule has 0 aliphatic carbocycles. The number of hydrogen-bond donors (Lipinski definition) is 2. The number of aryl methyl sites for hydroxylation is 2. The Bertz CT molecular complexity index is 887. The number of rotatable bonds is 9. The molecule has 0 unspecified atom stereocenters. The molecule has 27 heavy (non-hydrogen) atoms. The number of benzene rings is 1. The highest BCUT2D eigenvalue weighted by molar-refractivity contribution is 5.90. The quantitative estimate of drug-likeness (QED) is 0.563. The number of ether oxygens (including phenoxy) is 1. The molecule has 0 aliphatic rings. The van der Waals surface area contributed by atoms with Crippen LogP contribution in [-0.2, 0) is 16.0 Å². The number of carbonyl (C=O) groups is 1. The zero-order valence-corrected chi connectivity index (χ0v) is 16.0. The molecule has 2 heterocycles. The number of fused-ring (bicyclic) bond motifs is 1. The SMILES string of the molecule is COCCCNC(=O)CCCc1c(-c2ccccn2)[nH]c2ccc(C)cc12. The van der Waals surface area contributed by atoms with Crippen LogP contribution < -0.4 is 5.32 Å². The van der Waals surface area contributed by atoms with Crippen LogP contribution in [0.3, 0.4) is 0 Å². The molecule has 142 valence electrons. The third-order valence-corrected chi connectivity index (χ3v) is 4.66. The molecule has 3 rings (SSSR count). The van der Waals surface area contributed by atoms with Crippen LogP contribution in [0.4, 0.5) is 0 Å². The molecular formula is C22H27N3O2. The fourth-order valence-electron chi connectivity index (χ4n) is 3.31. The number of nitrogens with zero attached hydrogens (tertiary/aromatic N) is 1. The zero-order chi connectivity index (χ0) is 19.1. The van der Waals surface area contributed by atoms with Crippen LogP contribution >= 0.6 is 0 Å². The van der Waals surface area contributed by atoms with E-state index in [2.05, 4.69) is 40.4 Å². The smallest absolute Gasteiger partial charge is 0.220 e. The lowest BCUT2D eigenvalue weighted by Gasteiger charge is -2.07. The summed E-state index contributed by atoms with van der Waals surface area (Å²) in [5.74, 6) is 0.0986. The van der Waals surface area contributed by atoms with Gasteiger partial charge in [0, 0.05) is 43.8 Å². The zero-order valence-electron chi connectivity index (χ0n) is 16.0. The minimum atomic E-state index is 0.0986. The lowest BCUT2D eigenvalue weighted by molar-refractivity contribution is -0.121.